The van der Waals surface area contributed by atoms with Crippen LogP contribution in [0.25, 0.3) is 0 Å². The highest BCUT2D eigenvalue weighted by Gasteiger charge is 2.32. The predicted octanol–water partition coefficient (Wildman–Crippen LogP) is 4.66. The van der Waals surface area contributed by atoms with Gasteiger partial charge >= 0.3 is 0 Å². The van der Waals surface area contributed by atoms with Crippen LogP contribution in [0.4, 0.5) is 5.69 Å². The molecule has 2 amide bonds. The van der Waals surface area contributed by atoms with Crippen LogP contribution < -0.4 is 9.62 Å². The standard InChI is InChI=1S/C25H33Cl2N3O4S/c1-5-14-28-25(32)23(7-3)29(16-19-10-11-20(26)15-22(19)27)24(31)17-30(35(4,33)34)21-12-8-18(6-2)9-13-21/h8-13,15,23H,5-7,14,16-17H2,1-4H3,(H,28,32)/t23-/m1/s1. The first-order valence-corrected chi connectivity index (χ1v) is 14.2. The van der Waals surface area contributed by atoms with Crippen molar-refractivity contribution in [2.75, 3.05) is 23.7 Å². The molecule has 2 aromatic rings. The second kappa shape index (κ2) is 13.1. The van der Waals surface area contributed by atoms with Gasteiger partial charge in [-0.2, -0.15) is 0 Å². The lowest BCUT2D eigenvalue weighted by molar-refractivity contribution is -0.140. The summed E-state index contributed by atoms with van der Waals surface area (Å²) in [7, 11) is -3.78. The Bertz CT molecular complexity index is 1120. The van der Waals surface area contributed by atoms with Crippen molar-refractivity contribution < 1.29 is 18.0 Å². The van der Waals surface area contributed by atoms with E-state index in [1.54, 1.807) is 37.3 Å². The highest BCUT2D eigenvalue weighted by Crippen LogP contribution is 2.25. The van der Waals surface area contributed by atoms with Gasteiger partial charge in [0.1, 0.15) is 12.6 Å². The molecule has 0 unspecified atom stereocenters. The van der Waals surface area contributed by atoms with Gasteiger partial charge < -0.3 is 10.2 Å². The minimum Gasteiger partial charge on any atom is -0.354 e. The molecule has 1 atom stereocenters. The SMILES string of the molecule is CCCNC(=O)[C@@H](CC)N(Cc1ccc(Cl)cc1Cl)C(=O)CN(c1ccc(CC)cc1)S(C)(=O)=O. The second-order valence-corrected chi connectivity index (χ2v) is 11.0. The maximum absolute atomic E-state index is 13.6. The number of rotatable bonds is 12. The van der Waals surface area contributed by atoms with Gasteiger partial charge in [-0.1, -0.05) is 62.2 Å². The number of amides is 2. The number of carbonyl (C=O) groups is 2. The van der Waals surface area contributed by atoms with Gasteiger partial charge in [0.25, 0.3) is 0 Å². The molecule has 0 aromatic heterocycles. The van der Waals surface area contributed by atoms with Crippen molar-refractivity contribution in [2.24, 2.45) is 0 Å². The van der Waals surface area contributed by atoms with Gasteiger partial charge in [0.2, 0.25) is 21.8 Å². The fourth-order valence-corrected chi connectivity index (χ4v) is 4.95. The van der Waals surface area contributed by atoms with E-state index < -0.39 is 28.5 Å². The molecule has 0 saturated heterocycles. The smallest absolute Gasteiger partial charge is 0.244 e. The normalized spacial score (nSPS) is 12.2. The molecular weight excluding hydrogens is 509 g/mol. The van der Waals surface area contributed by atoms with Gasteiger partial charge in [0, 0.05) is 23.1 Å². The van der Waals surface area contributed by atoms with Gasteiger partial charge in [-0.05, 0) is 54.7 Å². The molecule has 7 nitrogen and oxygen atoms in total. The summed E-state index contributed by atoms with van der Waals surface area (Å²) in [5, 5.41) is 3.64. The number of halogens is 2. The van der Waals surface area contributed by atoms with E-state index in [1.807, 2.05) is 26.0 Å². The van der Waals surface area contributed by atoms with E-state index in [0.717, 1.165) is 29.0 Å². The van der Waals surface area contributed by atoms with E-state index in [1.165, 1.54) is 4.90 Å². The number of carbonyl (C=O) groups excluding carboxylic acids is 2. The summed E-state index contributed by atoms with van der Waals surface area (Å²) in [6, 6.07) is 11.1. The van der Waals surface area contributed by atoms with Crippen LogP contribution in [-0.2, 0) is 32.6 Å². The summed E-state index contributed by atoms with van der Waals surface area (Å²) < 4.78 is 26.4. The zero-order chi connectivity index (χ0) is 26.2. The van der Waals surface area contributed by atoms with Crippen molar-refractivity contribution in [3.8, 4) is 0 Å². The lowest BCUT2D eigenvalue weighted by atomic mass is 10.1. The summed E-state index contributed by atoms with van der Waals surface area (Å²) in [5.41, 5.74) is 2.03. The predicted molar refractivity (Wildman–Crippen MR) is 142 cm³/mol. The molecule has 0 aliphatic heterocycles. The minimum absolute atomic E-state index is 0.0270. The number of hydrogen-bond donors (Lipinski definition) is 1. The van der Waals surface area contributed by atoms with Crippen molar-refractivity contribution in [3.05, 3.63) is 63.6 Å². The molecule has 0 fully saturated rings. The van der Waals surface area contributed by atoms with Crippen molar-refractivity contribution in [1.82, 2.24) is 10.2 Å². The highest BCUT2D eigenvalue weighted by molar-refractivity contribution is 7.92. The Morgan fingerprint density at radius 2 is 1.69 bits per heavy atom. The topological polar surface area (TPSA) is 86.8 Å². The van der Waals surface area contributed by atoms with Crippen molar-refractivity contribution >= 4 is 50.7 Å². The van der Waals surface area contributed by atoms with Gasteiger partial charge in [-0.15, -0.1) is 0 Å². The molecule has 2 aromatic carbocycles. The van der Waals surface area contributed by atoms with Crippen LogP contribution in [-0.4, -0.2) is 50.5 Å². The molecule has 2 rings (SSSR count). The van der Waals surface area contributed by atoms with E-state index in [9.17, 15) is 18.0 Å². The summed E-state index contributed by atoms with van der Waals surface area (Å²) >= 11 is 12.4. The number of hydrogen-bond acceptors (Lipinski definition) is 4. The molecule has 0 aliphatic rings. The molecule has 0 spiro atoms. The molecule has 10 heteroatoms. The molecule has 192 valence electrons. The van der Waals surface area contributed by atoms with Crippen LogP contribution >= 0.6 is 23.2 Å². The fraction of sp³-hybridized carbons (Fsp3) is 0.440. The number of nitrogens with one attached hydrogen (secondary N) is 1. The third-order valence-electron chi connectivity index (χ3n) is 5.60. The Morgan fingerprint density at radius 3 is 2.20 bits per heavy atom. The van der Waals surface area contributed by atoms with Gasteiger partial charge in [0.05, 0.1) is 11.9 Å². The average molecular weight is 543 g/mol. The second-order valence-electron chi connectivity index (χ2n) is 8.26. The maximum Gasteiger partial charge on any atom is 0.244 e. The first-order valence-electron chi connectivity index (χ1n) is 11.6. The molecule has 1 N–H and O–H groups in total. The Hall–Kier alpha value is -2.29. The van der Waals surface area contributed by atoms with Crippen molar-refractivity contribution in [2.45, 2.75) is 52.6 Å². The number of nitrogens with zero attached hydrogens (tertiary/aromatic N) is 2. The Morgan fingerprint density at radius 1 is 1.03 bits per heavy atom. The van der Waals surface area contributed by atoms with Crippen LogP contribution in [0.3, 0.4) is 0 Å². The lowest BCUT2D eigenvalue weighted by Gasteiger charge is -2.33. The summed E-state index contributed by atoms with van der Waals surface area (Å²) in [6.07, 6.45) is 2.95. The Kier molecular flexibility index (Phi) is 10.9. The fourth-order valence-electron chi connectivity index (χ4n) is 3.63. The highest BCUT2D eigenvalue weighted by atomic mass is 35.5. The lowest BCUT2D eigenvalue weighted by Crippen LogP contribution is -2.52. The molecular formula is C25H33Cl2N3O4S. The zero-order valence-corrected chi connectivity index (χ0v) is 22.9. The van der Waals surface area contributed by atoms with Crippen LogP contribution in [0.1, 0.15) is 44.7 Å². The van der Waals surface area contributed by atoms with Crippen LogP contribution in [0.5, 0.6) is 0 Å². The van der Waals surface area contributed by atoms with E-state index in [4.69, 9.17) is 23.2 Å². The molecule has 0 saturated carbocycles. The Labute approximate surface area is 218 Å². The minimum atomic E-state index is -3.78. The third kappa shape index (κ3) is 8.12. The number of aryl methyl sites for hydroxylation is 1. The summed E-state index contributed by atoms with van der Waals surface area (Å²) in [4.78, 5) is 28.0. The third-order valence-corrected chi connectivity index (χ3v) is 7.33. The first-order chi connectivity index (χ1) is 16.5. The van der Waals surface area contributed by atoms with E-state index in [0.29, 0.717) is 34.3 Å². The zero-order valence-electron chi connectivity index (χ0n) is 20.6. The Balaban J connectivity index is 2.44. The van der Waals surface area contributed by atoms with Crippen LogP contribution in [0.15, 0.2) is 42.5 Å². The number of sulfonamides is 1. The quantitative estimate of drug-likeness (QED) is 0.423. The maximum atomic E-state index is 13.6. The first kappa shape index (κ1) is 28.9. The van der Waals surface area contributed by atoms with E-state index in [2.05, 4.69) is 5.32 Å². The van der Waals surface area contributed by atoms with Gasteiger partial charge in [-0.3, -0.25) is 13.9 Å². The van der Waals surface area contributed by atoms with E-state index in [-0.39, 0.29) is 12.5 Å². The summed E-state index contributed by atoms with van der Waals surface area (Å²) in [6.45, 7) is 5.79. The molecule has 0 heterocycles. The molecule has 0 radical (unpaired) electrons. The van der Waals surface area contributed by atoms with Crippen molar-refractivity contribution in [3.63, 3.8) is 0 Å². The van der Waals surface area contributed by atoms with E-state index >= 15 is 0 Å². The van der Waals surface area contributed by atoms with Crippen LogP contribution in [0.2, 0.25) is 10.0 Å². The number of benzene rings is 2. The molecule has 0 bridgehead atoms. The largest absolute Gasteiger partial charge is 0.354 e. The van der Waals surface area contributed by atoms with Crippen LogP contribution in [0, 0.1) is 0 Å². The van der Waals surface area contributed by atoms with Crippen molar-refractivity contribution in [1.29, 1.82) is 0 Å². The average Bonchev–Trinajstić information content (AvgIpc) is 2.81. The monoisotopic (exact) mass is 541 g/mol. The summed E-state index contributed by atoms with van der Waals surface area (Å²) in [5.74, 6) is -0.814. The molecule has 35 heavy (non-hydrogen) atoms. The van der Waals surface area contributed by atoms with Gasteiger partial charge in [0.15, 0.2) is 0 Å². The molecule has 0 aliphatic carbocycles. The van der Waals surface area contributed by atoms with Gasteiger partial charge in [-0.25, -0.2) is 8.42 Å². The number of anilines is 1.